The van der Waals surface area contributed by atoms with Gasteiger partial charge in [-0.2, -0.15) is 5.10 Å². The maximum Gasteiger partial charge on any atom is 0.128 e. The Morgan fingerprint density at radius 3 is 2.57 bits per heavy atom. The fraction of sp³-hybridized carbons (Fsp3) is 0.471. The summed E-state index contributed by atoms with van der Waals surface area (Å²) in [5, 5.41) is 8.00. The predicted molar refractivity (Wildman–Crippen MR) is 83.8 cm³/mol. The maximum absolute atomic E-state index is 14.0. The number of halogens is 1. The molecule has 1 atom stereocenters. The van der Waals surface area contributed by atoms with Gasteiger partial charge in [-0.05, 0) is 31.5 Å². The fourth-order valence-corrected chi connectivity index (χ4v) is 2.58. The number of hydrogen-bond acceptors (Lipinski definition) is 2. The Hall–Kier alpha value is -1.68. The summed E-state index contributed by atoms with van der Waals surface area (Å²) in [5.74, 6) is -0.163. The molecule has 0 saturated carbocycles. The van der Waals surface area contributed by atoms with Crippen LogP contribution in [0.1, 0.15) is 43.8 Å². The Balaban J connectivity index is 2.28. The number of nitrogens with zero attached hydrogens (tertiary/aromatic N) is 2. The Morgan fingerprint density at radius 2 is 1.95 bits per heavy atom. The number of aryl methyl sites for hydroxylation is 2. The Bertz CT molecular complexity index is 577. The second kappa shape index (κ2) is 7.36. The lowest BCUT2D eigenvalue weighted by Gasteiger charge is -2.20. The highest BCUT2D eigenvalue weighted by Gasteiger charge is 2.17. The molecule has 3 nitrogen and oxygen atoms in total. The van der Waals surface area contributed by atoms with E-state index in [1.807, 2.05) is 23.7 Å². The van der Waals surface area contributed by atoms with Crippen molar-refractivity contribution in [2.24, 2.45) is 0 Å². The van der Waals surface area contributed by atoms with Crippen molar-refractivity contribution in [1.29, 1.82) is 0 Å². The normalized spacial score (nSPS) is 12.6. The van der Waals surface area contributed by atoms with E-state index in [2.05, 4.69) is 30.3 Å². The standard InChI is InChI=1S/C17H24FN3/c1-4-13-11-14(5-2)21(20-13)12-17(19-6-3)15-9-7-8-10-16(15)18/h7-11,17,19H,4-6,12H2,1-3H3. The second-order valence-electron chi connectivity index (χ2n) is 5.15. The van der Waals surface area contributed by atoms with Gasteiger partial charge in [0.15, 0.2) is 0 Å². The number of rotatable bonds is 7. The van der Waals surface area contributed by atoms with Crippen molar-refractivity contribution in [2.75, 3.05) is 6.54 Å². The Morgan fingerprint density at radius 1 is 1.19 bits per heavy atom. The summed E-state index contributed by atoms with van der Waals surface area (Å²) in [4.78, 5) is 0. The monoisotopic (exact) mass is 289 g/mol. The minimum atomic E-state index is -0.163. The lowest BCUT2D eigenvalue weighted by Crippen LogP contribution is -2.27. The van der Waals surface area contributed by atoms with Crippen LogP contribution in [0, 0.1) is 5.82 Å². The van der Waals surface area contributed by atoms with Crippen LogP contribution in [0.2, 0.25) is 0 Å². The molecule has 21 heavy (non-hydrogen) atoms. The summed E-state index contributed by atoms with van der Waals surface area (Å²) in [6.07, 6.45) is 1.86. The quantitative estimate of drug-likeness (QED) is 0.845. The van der Waals surface area contributed by atoms with E-state index >= 15 is 0 Å². The molecule has 0 aliphatic rings. The third-order valence-electron chi connectivity index (χ3n) is 3.73. The van der Waals surface area contributed by atoms with Crippen molar-refractivity contribution < 1.29 is 4.39 Å². The van der Waals surface area contributed by atoms with Crippen molar-refractivity contribution in [2.45, 2.75) is 46.2 Å². The first-order chi connectivity index (χ1) is 10.2. The van der Waals surface area contributed by atoms with Crippen LogP contribution in [-0.4, -0.2) is 16.3 Å². The van der Waals surface area contributed by atoms with Crippen molar-refractivity contribution in [3.63, 3.8) is 0 Å². The van der Waals surface area contributed by atoms with E-state index in [9.17, 15) is 4.39 Å². The van der Waals surface area contributed by atoms with E-state index in [-0.39, 0.29) is 11.9 Å². The highest BCUT2D eigenvalue weighted by Crippen LogP contribution is 2.20. The molecule has 1 N–H and O–H groups in total. The van der Waals surface area contributed by atoms with Gasteiger partial charge in [0, 0.05) is 11.3 Å². The number of benzene rings is 1. The Labute approximate surface area is 126 Å². The van der Waals surface area contributed by atoms with Crippen molar-refractivity contribution in [3.8, 4) is 0 Å². The van der Waals surface area contributed by atoms with Gasteiger partial charge in [0.05, 0.1) is 18.3 Å². The average Bonchev–Trinajstić information content (AvgIpc) is 2.89. The molecule has 0 amide bonds. The van der Waals surface area contributed by atoms with Gasteiger partial charge in [-0.15, -0.1) is 0 Å². The first-order valence-corrected chi connectivity index (χ1v) is 7.72. The van der Waals surface area contributed by atoms with Crippen LogP contribution >= 0.6 is 0 Å². The summed E-state index contributed by atoms with van der Waals surface area (Å²) in [6, 6.07) is 9.04. The van der Waals surface area contributed by atoms with Crippen LogP contribution in [0.15, 0.2) is 30.3 Å². The molecular weight excluding hydrogens is 265 g/mol. The van der Waals surface area contributed by atoms with Gasteiger partial charge >= 0.3 is 0 Å². The third-order valence-corrected chi connectivity index (χ3v) is 3.73. The molecule has 2 aromatic rings. The molecule has 1 aromatic carbocycles. The molecular formula is C17H24FN3. The molecule has 2 rings (SSSR count). The highest BCUT2D eigenvalue weighted by molar-refractivity contribution is 5.21. The summed E-state index contributed by atoms with van der Waals surface area (Å²) in [5.41, 5.74) is 3.00. The lowest BCUT2D eigenvalue weighted by atomic mass is 10.1. The zero-order chi connectivity index (χ0) is 15.2. The minimum absolute atomic E-state index is 0.0638. The van der Waals surface area contributed by atoms with E-state index in [1.54, 1.807) is 6.07 Å². The van der Waals surface area contributed by atoms with E-state index in [0.717, 1.165) is 25.1 Å². The molecule has 0 aliphatic carbocycles. The zero-order valence-corrected chi connectivity index (χ0v) is 13.1. The van der Waals surface area contributed by atoms with Gasteiger partial charge in [-0.3, -0.25) is 4.68 Å². The van der Waals surface area contributed by atoms with Crippen molar-refractivity contribution in [1.82, 2.24) is 15.1 Å². The van der Waals surface area contributed by atoms with Gasteiger partial charge in [0.2, 0.25) is 0 Å². The summed E-state index contributed by atoms with van der Waals surface area (Å²) >= 11 is 0. The molecule has 1 aromatic heterocycles. The van der Waals surface area contributed by atoms with E-state index in [4.69, 9.17) is 0 Å². The van der Waals surface area contributed by atoms with Crippen molar-refractivity contribution >= 4 is 0 Å². The predicted octanol–water partition coefficient (Wildman–Crippen LogP) is 3.50. The Kier molecular flexibility index (Phi) is 5.51. The molecule has 0 fully saturated rings. The highest BCUT2D eigenvalue weighted by atomic mass is 19.1. The SMILES string of the molecule is CCNC(Cn1nc(CC)cc1CC)c1ccccc1F. The average molecular weight is 289 g/mol. The van der Waals surface area contributed by atoms with Crippen LogP contribution < -0.4 is 5.32 Å². The fourth-order valence-electron chi connectivity index (χ4n) is 2.58. The number of hydrogen-bond donors (Lipinski definition) is 1. The van der Waals surface area contributed by atoms with Gasteiger partial charge in [0.25, 0.3) is 0 Å². The molecule has 0 bridgehead atoms. The topological polar surface area (TPSA) is 29.9 Å². The van der Waals surface area contributed by atoms with E-state index in [1.165, 1.54) is 11.8 Å². The van der Waals surface area contributed by atoms with Crippen LogP contribution in [-0.2, 0) is 19.4 Å². The minimum Gasteiger partial charge on any atom is -0.309 e. The van der Waals surface area contributed by atoms with Crippen LogP contribution in [0.5, 0.6) is 0 Å². The lowest BCUT2D eigenvalue weighted by molar-refractivity contribution is 0.422. The van der Waals surface area contributed by atoms with Gasteiger partial charge in [-0.1, -0.05) is 39.0 Å². The first-order valence-electron chi connectivity index (χ1n) is 7.72. The van der Waals surface area contributed by atoms with Gasteiger partial charge < -0.3 is 5.32 Å². The molecule has 4 heteroatoms. The second-order valence-corrected chi connectivity index (χ2v) is 5.15. The van der Waals surface area contributed by atoms with Gasteiger partial charge in [-0.25, -0.2) is 4.39 Å². The third kappa shape index (κ3) is 3.70. The first kappa shape index (κ1) is 15.7. The van der Waals surface area contributed by atoms with E-state index in [0.29, 0.717) is 12.1 Å². The molecule has 0 aliphatic heterocycles. The van der Waals surface area contributed by atoms with E-state index < -0.39 is 0 Å². The van der Waals surface area contributed by atoms with Crippen molar-refractivity contribution in [3.05, 3.63) is 53.1 Å². The smallest absolute Gasteiger partial charge is 0.128 e. The number of nitrogens with one attached hydrogen (secondary N) is 1. The summed E-state index contributed by atoms with van der Waals surface area (Å²) in [7, 11) is 0. The maximum atomic E-state index is 14.0. The zero-order valence-electron chi connectivity index (χ0n) is 13.1. The summed E-state index contributed by atoms with van der Waals surface area (Å²) in [6.45, 7) is 7.71. The molecule has 1 heterocycles. The van der Waals surface area contributed by atoms with Gasteiger partial charge in [0.1, 0.15) is 5.82 Å². The van der Waals surface area contributed by atoms with Crippen LogP contribution in [0.25, 0.3) is 0 Å². The number of likely N-dealkylation sites (N-methyl/N-ethyl adjacent to an activating group) is 1. The van der Waals surface area contributed by atoms with Crippen LogP contribution in [0.3, 0.4) is 0 Å². The van der Waals surface area contributed by atoms with Crippen LogP contribution in [0.4, 0.5) is 4.39 Å². The summed E-state index contributed by atoms with van der Waals surface area (Å²) < 4.78 is 16.1. The molecule has 0 saturated heterocycles. The molecule has 0 radical (unpaired) electrons. The molecule has 114 valence electrons. The number of aromatic nitrogens is 2. The molecule has 0 spiro atoms. The molecule has 1 unspecified atom stereocenters. The largest absolute Gasteiger partial charge is 0.309 e.